The summed E-state index contributed by atoms with van der Waals surface area (Å²) in [6.45, 7) is 13.8. The lowest BCUT2D eigenvalue weighted by atomic mass is 9.79. The van der Waals surface area contributed by atoms with Crippen molar-refractivity contribution in [3.05, 3.63) is 108 Å². The Morgan fingerprint density at radius 1 is 0.436 bits per heavy atom. The van der Waals surface area contributed by atoms with Gasteiger partial charge in [-0.2, -0.15) is 0 Å². The minimum absolute atomic E-state index is 0.0496. The van der Waals surface area contributed by atoms with Crippen molar-refractivity contribution in [2.75, 3.05) is 0 Å². The zero-order chi connectivity index (χ0) is 27.1. The number of hydrogen-bond acceptors (Lipinski definition) is 1. The first-order valence-electron chi connectivity index (χ1n) is 13.9. The Hall–Kier alpha value is -4.10. The molecule has 0 atom stereocenters. The fraction of sp³-hybridized carbons (Fsp3) is 0.211. The lowest BCUT2D eigenvalue weighted by Gasteiger charge is -2.26. The smallest absolute Gasteiger partial charge is 0.143 e. The maximum absolute atomic E-state index is 6.96. The molecule has 192 valence electrons. The maximum Gasteiger partial charge on any atom is 0.143 e. The van der Waals surface area contributed by atoms with Gasteiger partial charge in [0, 0.05) is 21.7 Å². The molecule has 0 fully saturated rings. The van der Waals surface area contributed by atoms with Gasteiger partial charge in [0.15, 0.2) is 0 Å². The highest BCUT2D eigenvalue weighted by Gasteiger charge is 2.23. The molecule has 1 heteroatoms. The monoisotopic (exact) mass is 506 g/mol. The van der Waals surface area contributed by atoms with Gasteiger partial charge in [0.25, 0.3) is 0 Å². The van der Waals surface area contributed by atoms with Crippen LogP contribution in [0.15, 0.2) is 101 Å². The third-order valence-corrected chi connectivity index (χ3v) is 8.35. The summed E-state index contributed by atoms with van der Waals surface area (Å²) in [5, 5.41) is 9.82. The molecular weight excluding hydrogens is 472 g/mol. The molecule has 0 radical (unpaired) electrons. The van der Waals surface area contributed by atoms with Crippen LogP contribution < -0.4 is 0 Å². The summed E-state index contributed by atoms with van der Waals surface area (Å²) in [6.07, 6.45) is 0. The summed E-state index contributed by atoms with van der Waals surface area (Å²) in [4.78, 5) is 0. The van der Waals surface area contributed by atoms with Crippen LogP contribution in [-0.2, 0) is 10.8 Å². The van der Waals surface area contributed by atoms with Gasteiger partial charge in [-0.05, 0) is 60.5 Å². The Labute approximate surface area is 230 Å². The highest BCUT2D eigenvalue weighted by molar-refractivity contribution is 6.32. The van der Waals surface area contributed by atoms with Crippen molar-refractivity contribution in [3.8, 4) is 11.1 Å². The standard InChI is InChI=1S/C38H34O/c1-37(2,3)24-20-23(21-25(22-24)38(4,5)6)26-16-11-17-32-33-19-18-31-29-14-8-7-12-27(29)28-13-9-10-15-30(28)34(31)36(33)39-35(26)32/h7-22H,1-6H3. The second-order valence-electron chi connectivity index (χ2n) is 13.0. The van der Waals surface area contributed by atoms with Crippen molar-refractivity contribution in [1.29, 1.82) is 0 Å². The number of hydrogen-bond donors (Lipinski definition) is 0. The Morgan fingerprint density at radius 2 is 0.897 bits per heavy atom. The minimum atomic E-state index is 0.0496. The normalized spacial score (nSPS) is 12.9. The predicted molar refractivity (Wildman–Crippen MR) is 169 cm³/mol. The van der Waals surface area contributed by atoms with Gasteiger partial charge in [-0.1, -0.05) is 133 Å². The molecule has 0 amide bonds. The molecule has 0 bridgehead atoms. The molecule has 0 spiro atoms. The summed E-state index contributed by atoms with van der Waals surface area (Å²) in [6, 6.07) is 35.7. The van der Waals surface area contributed by atoms with Crippen LogP contribution in [0.1, 0.15) is 52.7 Å². The fourth-order valence-electron chi connectivity index (χ4n) is 6.12. The van der Waals surface area contributed by atoms with Gasteiger partial charge in [-0.15, -0.1) is 0 Å². The predicted octanol–water partition coefficient (Wildman–Crippen LogP) is 11.3. The minimum Gasteiger partial charge on any atom is -0.455 e. The molecule has 0 aliphatic heterocycles. The van der Waals surface area contributed by atoms with E-state index in [1.807, 2.05) is 0 Å². The molecule has 1 nitrogen and oxygen atoms in total. The molecule has 6 aromatic carbocycles. The fourth-order valence-corrected chi connectivity index (χ4v) is 6.12. The van der Waals surface area contributed by atoms with Crippen molar-refractivity contribution in [1.82, 2.24) is 0 Å². The van der Waals surface area contributed by atoms with Crippen molar-refractivity contribution in [3.63, 3.8) is 0 Å². The summed E-state index contributed by atoms with van der Waals surface area (Å²) in [5.41, 5.74) is 7.10. The van der Waals surface area contributed by atoms with Gasteiger partial charge in [0.2, 0.25) is 0 Å². The van der Waals surface area contributed by atoms with E-state index in [-0.39, 0.29) is 10.8 Å². The Morgan fingerprint density at radius 3 is 1.49 bits per heavy atom. The molecular formula is C38H34O. The molecule has 7 rings (SSSR count). The van der Waals surface area contributed by atoms with Crippen LogP contribution in [0.5, 0.6) is 0 Å². The van der Waals surface area contributed by atoms with E-state index in [0.29, 0.717) is 0 Å². The highest BCUT2D eigenvalue weighted by Crippen LogP contribution is 2.44. The average Bonchev–Trinajstić information content (AvgIpc) is 3.31. The molecule has 1 aromatic heterocycles. The van der Waals surface area contributed by atoms with E-state index in [9.17, 15) is 0 Å². The first-order valence-corrected chi connectivity index (χ1v) is 13.9. The zero-order valence-electron chi connectivity index (χ0n) is 23.6. The van der Waals surface area contributed by atoms with Crippen LogP contribution in [-0.4, -0.2) is 0 Å². The van der Waals surface area contributed by atoms with Crippen molar-refractivity contribution in [2.45, 2.75) is 52.4 Å². The molecule has 1 heterocycles. The molecule has 0 saturated carbocycles. The summed E-state index contributed by atoms with van der Waals surface area (Å²) in [5.74, 6) is 0. The van der Waals surface area contributed by atoms with E-state index in [2.05, 4.69) is 139 Å². The van der Waals surface area contributed by atoms with E-state index < -0.39 is 0 Å². The van der Waals surface area contributed by atoms with Gasteiger partial charge in [-0.25, -0.2) is 0 Å². The molecule has 39 heavy (non-hydrogen) atoms. The summed E-state index contributed by atoms with van der Waals surface area (Å²) >= 11 is 0. The van der Waals surface area contributed by atoms with Crippen molar-refractivity contribution >= 4 is 54.3 Å². The molecule has 0 saturated heterocycles. The van der Waals surface area contributed by atoms with Gasteiger partial charge < -0.3 is 4.42 Å². The third kappa shape index (κ3) is 3.67. The Balaban J connectivity index is 1.61. The zero-order valence-corrected chi connectivity index (χ0v) is 23.6. The Bertz CT molecular complexity index is 2010. The molecule has 7 aromatic rings. The van der Waals surface area contributed by atoms with E-state index in [0.717, 1.165) is 16.7 Å². The first kappa shape index (κ1) is 24.0. The van der Waals surface area contributed by atoms with Gasteiger partial charge in [-0.3, -0.25) is 0 Å². The first-order chi connectivity index (χ1) is 18.6. The topological polar surface area (TPSA) is 13.1 Å². The van der Waals surface area contributed by atoms with Crippen molar-refractivity contribution < 1.29 is 4.42 Å². The van der Waals surface area contributed by atoms with Crippen LogP contribution in [0, 0.1) is 0 Å². The quantitative estimate of drug-likeness (QED) is 0.202. The van der Waals surface area contributed by atoms with Gasteiger partial charge in [0.05, 0.1) is 0 Å². The van der Waals surface area contributed by atoms with Crippen LogP contribution in [0.3, 0.4) is 0 Å². The van der Waals surface area contributed by atoms with E-state index in [1.165, 1.54) is 59.8 Å². The van der Waals surface area contributed by atoms with Gasteiger partial charge in [0.1, 0.15) is 11.2 Å². The van der Waals surface area contributed by atoms with E-state index in [1.54, 1.807) is 0 Å². The number of benzene rings is 6. The van der Waals surface area contributed by atoms with E-state index >= 15 is 0 Å². The Kier molecular flexibility index (Phi) is 5.04. The second kappa shape index (κ2) is 8.20. The molecule has 0 N–H and O–H groups in total. The number of fused-ring (bicyclic) bond motifs is 10. The van der Waals surface area contributed by atoms with E-state index in [4.69, 9.17) is 4.42 Å². The second-order valence-corrected chi connectivity index (χ2v) is 13.0. The lowest BCUT2D eigenvalue weighted by Crippen LogP contribution is -2.16. The number of rotatable bonds is 1. The van der Waals surface area contributed by atoms with Gasteiger partial charge >= 0.3 is 0 Å². The van der Waals surface area contributed by atoms with Crippen LogP contribution in [0.25, 0.3) is 65.4 Å². The average molecular weight is 507 g/mol. The third-order valence-electron chi connectivity index (χ3n) is 8.35. The number of para-hydroxylation sites is 1. The van der Waals surface area contributed by atoms with Crippen LogP contribution in [0.2, 0.25) is 0 Å². The maximum atomic E-state index is 6.96. The molecule has 0 aliphatic carbocycles. The molecule has 0 aliphatic rings. The highest BCUT2D eigenvalue weighted by atomic mass is 16.3. The van der Waals surface area contributed by atoms with Crippen molar-refractivity contribution in [2.24, 2.45) is 0 Å². The summed E-state index contributed by atoms with van der Waals surface area (Å²) < 4.78 is 6.96. The number of furan rings is 1. The summed E-state index contributed by atoms with van der Waals surface area (Å²) in [7, 11) is 0. The van der Waals surface area contributed by atoms with Crippen LogP contribution >= 0.6 is 0 Å². The SMILES string of the molecule is CC(C)(C)c1cc(-c2cccc3c2oc2c3ccc3c4ccccc4c4ccccc4c32)cc(C(C)(C)C)c1. The lowest BCUT2D eigenvalue weighted by molar-refractivity contribution is 0.569. The largest absolute Gasteiger partial charge is 0.455 e. The van der Waals surface area contributed by atoms with Crippen LogP contribution in [0.4, 0.5) is 0 Å². The molecule has 0 unspecified atom stereocenters.